The Morgan fingerprint density at radius 3 is 1.86 bits per heavy atom. The molecule has 1 aliphatic heterocycles. The molecule has 8 heteroatoms. The second-order valence-corrected chi connectivity index (χ2v) is 4.90. The summed E-state index contributed by atoms with van der Waals surface area (Å²) in [5.74, 6) is -4.56. The third-order valence-corrected chi connectivity index (χ3v) is 3.47. The summed E-state index contributed by atoms with van der Waals surface area (Å²) in [5.41, 5.74) is -0.825. The summed E-state index contributed by atoms with van der Waals surface area (Å²) in [5, 5.41) is 27.1. The molecule has 1 heterocycles. The van der Waals surface area contributed by atoms with E-state index < -0.39 is 29.9 Å². The molecule has 0 aromatic heterocycles. The van der Waals surface area contributed by atoms with Gasteiger partial charge in [0, 0.05) is 12.1 Å². The Hall–Kier alpha value is -2.90. The van der Waals surface area contributed by atoms with E-state index in [4.69, 9.17) is 15.3 Å². The van der Waals surface area contributed by atoms with Crippen LogP contribution in [-0.4, -0.2) is 56.6 Å². The highest BCUT2D eigenvalue weighted by molar-refractivity contribution is 6.02. The average Bonchev–Trinajstić information content (AvgIpc) is 2.95. The number of aliphatic carboxylic acids is 1. The number of carbonyl (C=O) groups is 4. The number of benzene rings is 1. The normalized spacial score (nSPS) is 17.3. The molecule has 0 saturated carbocycles. The van der Waals surface area contributed by atoms with E-state index in [1.807, 2.05) is 0 Å². The van der Waals surface area contributed by atoms with Gasteiger partial charge in [-0.05, 0) is 31.0 Å². The fraction of sp³-hybridized carbons (Fsp3) is 0.286. The van der Waals surface area contributed by atoms with Gasteiger partial charge in [0.05, 0.1) is 11.1 Å². The van der Waals surface area contributed by atoms with Crippen LogP contribution in [0, 0.1) is 0 Å². The van der Waals surface area contributed by atoms with Crippen LogP contribution in [0.25, 0.3) is 0 Å². The number of carboxylic acids is 3. The minimum atomic E-state index is -1.37. The quantitative estimate of drug-likeness (QED) is 0.748. The van der Waals surface area contributed by atoms with Crippen LogP contribution in [0.15, 0.2) is 18.2 Å². The lowest BCUT2D eigenvalue weighted by Gasteiger charge is -2.21. The molecule has 22 heavy (non-hydrogen) atoms. The maximum atomic E-state index is 12.4. The number of nitrogens with zero attached hydrogens (tertiary/aromatic N) is 1. The van der Waals surface area contributed by atoms with Crippen molar-refractivity contribution in [2.24, 2.45) is 0 Å². The first-order valence-corrected chi connectivity index (χ1v) is 6.46. The van der Waals surface area contributed by atoms with Crippen LogP contribution in [-0.2, 0) is 4.79 Å². The highest BCUT2D eigenvalue weighted by Gasteiger charge is 2.34. The minimum absolute atomic E-state index is 0.148. The number of carboxylic acid groups (broad SMARTS) is 3. The van der Waals surface area contributed by atoms with Gasteiger partial charge < -0.3 is 20.2 Å². The van der Waals surface area contributed by atoms with Gasteiger partial charge in [-0.2, -0.15) is 0 Å². The van der Waals surface area contributed by atoms with Gasteiger partial charge in [-0.1, -0.05) is 0 Å². The smallest absolute Gasteiger partial charge is 0.335 e. The molecule has 1 atom stereocenters. The van der Waals surface area contributed by atoms with Gasteiger partial charge in [0.1, 0.15) is 6.04 Å². The fourth-order valence-electron chi connectivity index (χ4n) is 2.43. The number of hydrogen-bond donors (Lipinski definition) is 3. The third-order valence-electron chi connectivity index (χ3n) is 3.47. The summed E-state index contributed by atoms with van der Waals surface area (Å²) in [6.07, 6.45) is 0.832. The van der Waals surface area contributed by atoms with Crippen molar-refractivity contribution in [1.82, 2.24) is 4.90 Å². The Balaban J connectivity index is 2.42. The summed E-state index contributed by atoms with van der Waals surface area (Å²) in [7, 11) is 0. The van der Waals surface area contributed by atoms with E-state index in [1.54, 1.807) is 0 Å². The highest BCUT2D eigenvalue weighted by Crippen LogP contribution is 2.22. The number of amides is 1. The number of carbonyl (C=O) groups excluding carboxylic acids is 1. The van der Waals surface area contributed by atoms with Crippen LogP contribution in [0.2, 0.25) is 0 Å². The lowest BCUT2D eigenvalue weighted by Crippen LogP contribution is -2.40. The average molecular weight is 307 g/mol. The van der Waals surface area contributed by atoms with Crippen LogP contribution in [0.3, 0.4) is 0 Å². The molecule has 1 aromatic carbocycles. The second kappa shape index (κ2) is 5.84. The molecule has 0 unspecified atom stereocenters. The molecule has 0 aliphatic carbocycles. The number of rotatable bonds is 4. The van der Waals surface area contributed by atoms with Gasteiger partial charge in [-0.15, -0.1) is 0 Å². The maximum absolute atomic E-state index is 12.4. The lowest BCUT2D eigenvalue weighted by molar-refractivity contribution is -0.141. The van der Waals surface area contributed by atoms with Crippen molar-refractivity contribution >= 4 is 23.8 Å². The van der Waals surface area contributed by atoms with Gasteiger partial charge >= 0.3 is 17.9 Å². The first-order chi connectivity index (χ1) is 10.3. The SMILES string of the molecule is O=C(O)c1cc(C(=O)O)cc(C(=O)N2CCC[C@H]2C(=O)O)c1. The highest BCUT2D eigenvalue weighted by atomic mass is 16.4. The van der Waals surface area contributed by atoms with Gasteiger partial charge in [-0.3, -0.25) is 4.79 Å². The van der Waals surface area contributed by atoms with Gasteiger partial charge in [0.2, 0.25) is 0 Å². The molecule has 8 nitrogen and oxygen atoms in total. The zero-order valence-electron chi connectivity index (χ0n) is 11.4. The first-order valence-electron chi connectivity index (χ1n) is 6.46. The van der Waals surface area contributed by atoms with Crippen molar-refractivity contribution < 1.29 is 34.5 Å². The molecule has 1 fully saturated rings. The fourth-order valence-corrected chi connectivity index (χ4v) is 2.43. The van der Waals surface area contributed by atoms with Crippen molar-refractivity contribution in [3.8, 4) is 0 Å². The molecule has 116 valence electrons. The standard InChI is InChI=1S/C14H13NO7/c16-11(15-3-1-2-10(15)14(21)22)7-4-8(12(17)18)6-9(5-7)13(19)20/h4-6,10H,1-3H2,(H,17,18)(H,19,20)(H,21,22)/t10-/m0/s1. The first kappa shape index (κ1) is 15.5. The predicted octanol–water partition coefficient (Wildman–Crippen LogP) is 0.772. The molecule has 2 rings (SSSR count). The Bertz CT molecular complexity index is 635. The maximum Gasteiger partial charge on any atom is 0.335 e. The van der Waals surface area contributed by atoms with Crippen LogP contribution in [0.1, 0.15) is 43.9 Å². The predicted molar refractivity (Wildman–Crippen MR) is 72.1 cm³/mol. The number of hydrogen-bond acceptors (Lipinski definition) is 4. The Labute approximate surface area is 124 Å². The van der Waals surface area contributed by atoms with Crippen LogP contribution in [0.5, 0.6) is 0 Å². The summed E-state index contributed by atoms with van der Waals surface area (Å²) in [6.45, 7) is 0.232. The van der Waals surface area contributed by atoms with E-state index >= 15 is 0 Å². The molecular weight excluding hydrogens is 294 g/mol. The zero-order chi connectivity index (χ0) is 16.4. The number of aromatic carboxylic acids is 2. The van der Waals surface area contributed by atoms with Gasteiger partial charge in [0.25, 0.3) is 5.91 Å². The Morgan fingerprint density at radius 1 is 0.909 bits per heavy atom. The van der Waals surface area contributed by atoms with Crippen molar-refractivity contribution in [2.45, 2.75) is 18.9 Å². The van der Waals surface area contributed by atoms with Crippen LogP contribution >= 0.6 is 0 Å². The molecule has 0 bridgehead atoms. The molecule has 0 radical (unpaired) electrons. The summed E-state index contributed by atoms with van der Waals surface area (Å²) in [4.78, 5) is 46.7. The van der Waals surface area contributed by atoms with E-state index in [0.717, 1.165) is 23.1 Å². The Morgan fingerprint density at radius 2 is 1.41 bits per heavy atom. The molecule has 1 aromatic rings. The molecule has 0 spiro atoms. The van der Waals surface area contributed by atoms with Gasteiger partial charge in [0.15, 0.2) is 0 Å². The third kappa shape index (κ3) is 2.90. The van der Waals surface area contributed by atoms with Crippen LogP contribution in [0.4, 0.5) is 0 Å². The summed E-state index contributed by atoms with van der Waals surface area (Å²) < 4.78 is 0. The Kier molecular flexibility index (Phi) is 4.11. The molecule has 3 N–H and O–H groups in total. The zero-order valence-corrected chi connectivity index (χ0v) is 11.4. The van der Waals surface area contributed by atoms with Crippen molar-refractivity contribution in [3.05, 3.63) is 34.9 Å². The van der Waals surface area contributed by atoms with E-state index in [1.165, 1.54) is 0 Å². The van der Waals surface area contributed by atoms with Crippen molar-refractivity contribution in [2.75, 3.05) is 6.54 Å². The second-order valence-electron chi connectivity index (χ2n) is 4.90. The van der Waals surface area contributed by atoms with E-state index in [-0.39, 0.29) is 23.2 Å². The largest absolute Gasteiger partial charge is 0.480 e. The van der Waals surface area contributed by atoms with Crippen molar-refractivity contribution in [3.63, 3.8) is 0 Å². The number of likely N-dealkylation sites (tertiary alicyclic amines) is 1. The summed E-state index contributed by atoms with van der Waals surface area (Å²) >= 11 is 0. The van der Waals surface area contributed by atoms with E-state index in [9.17, 15) is 19.2 Å². The summed E-state index contributed by atoms with van der Waals surface area (Å²) in [6, 6.07) is 2.07. The molecule has 1 amide bonds. The van der Waals surface area contributed by atoms with Crippen LogP contribution < -0.4 is 0 Å². The molecule has 1 aliphatic rings. The van der Waals surface area contributed by atoms with Gasteiger partial charge in [-0.25, -0.2) is 14.4 Å². The lowest BCUT2D eigenvalue weighted by atomic mass is 10.0. The monoisotopic (exact) mass is 307 g/mol. The molecule has 1 saturated heterocycles. The molecular formula is C14H13NO7. The topological polar surface area (TPSA) is 132 Å². The van der Waals surface area contributed by atoms with E-state index in [2.05, 4.69) is 0 Å². The minimum Gasteiger partial charge on any atom is -0.480 e. The van der Waals surface area contributed by atoms with E-state index in [0.29, 0.717) is 12.8 Å². The van der Waals surface area contributed by atoms with Crippen molar-refractivity contribution in [1.29, 1.82) is 0 Å².